The van der Waals surface area contributed by atoms with Gasteiger partial charge in [-0.1, -0.05) is 60.2 Å². The van der Waals surface area contributed by atoms with Crippen molar-refractivity contribution in [2.45, 2.75) is 13.8 Å². The molecule has 2 heteroatoms. The third kappa shape index (κ3) is 2.85. The lowest BCUT2D eigenvalue weighted by Crippen LogP contribution is -2.02. The number of carbonyl (C=O) groups excluding carboxylic acids is 1. The summed E-state index contributed by atoms with van der Waals surface area (Å²) in [5.41, 5.74) is 7.39. The van der Waals surface area contributed by atoms with Crippen LogP contribution in [0.1, 0.15) is 27.0 Å². The number of para-hydroxylation sites is 1. The van der Waals surface area contributed by atoms with Crippen molar-refractivity contribution < 1.29 is 4.79 Å². The number of benzene rings is 4. The number of carbonyl (C=O) groups is 1. The number of fused-ring (bicyclic) bond motifs is 3. The summed E-state index contributed by atoms with van der Waals surface area (Å²) in [4.78, 5) is 12.8. The molecule has 0 saturated heterocycles. The topological polar surface area (TPSA) is 22.0 Å². The van der Waals surface area contributed by atoms with Crippen molar-refractivity contribution in [3.05, 3.63) is 113 Å². The molecule has 140 valence electrons. The van der Waals surface area contributed by atoms with Crippen LogP contribution in [-0.2, 0) is 0 Å². The van der Waals surface area contributed by atoms with Crippen LogP contribution in [0.25, 0.3) is 27.5 Å². The fourth-order valence-electron chi connectivity index (χ4n) is 4.27. The van der Waals surface area contributed by atoms with E-state index in [2.05, 4.69) is 54.8 Å². The molecule has 0 N–H and O–H groups in total. The van der Waals surface area contributed by atoms with Crippen LogP contribution in [0.5, 0.6) is 0 Å². The van der Waals surface area contributed by atoms with E-state index in [0.717, 1.165) is 5.69 Å². The average Bonchev–Trinajstić information content (AvgIpc) is 3.09. The molecule has 0 aliphatic rings. The minimum atomic E-state index is 0.0474. The molecule has 1 aromatic heterocycles. The normalized spacial score (nSPS) is 11.2. The second-order valence-corrected chi connectivity index (χ2v) is 7.57. The van der Waals surface area contributed by atoms with Crippen LogP contribution >= 0.6 is 0 Å². The van der Waals surface area contributed by atoms with Gasteiger partial charge in [-0.2, -0.15) is 0 Å². The molecule has 2 nitrogen and oxygen atoms in total. The van der Waals surface area contributed by atoms with Gasteiger partial charge >= 0.3 is 0 Å². The van der Waals surface area contributed by atoms with Crippen LogP contribution in [-0.4, -0.2) is 10.4 Å². The molecule has 5 rings (SSSR count). The molecule has 0 radical (unpaired) electrons. The van der Waals surface area contributed by atoms with E-state index in [0.29, 0.717) is 11.1 Å². The first-order chi connectivity index (χ1) is 14.1. The maximum absolute atomic E-state index is 12.8. The van der Waals surface area contributed by atoms with E-state index in [1.165, 1.54) is 32.9 Å². The smallest absolute Gasteiger partial charge is 0.193 e. The monoisotopic (exact) mass is 375 g/mol. The van der Waals surface area contributed by atoms with E-state index >= 15 is 0 Å². The van der Waals surface area contributed by atoms with Crippen molar-refractivity contribution in [2.75, 3.05) is 0 Å². The molecule has 0 spiro atoms. The van der Waals surface area contributed by atoms with Crippen LogP contribution < -0.4 is 0 Å². The summed E-state index contributed by atoms with van der Waals surface area (Å²) in [5, 5.41) is 2.52. The first kappa shape index (κ1) is 17.4. The first-order valence-electron chi connectivity index (χ1n) is 9.84. The molecule has 0 amide bonds. The molecule has 29 heavy (non-hydrogen) atoms. The zero-order valence-corrected chi connectivity index (χ0v) is 16.5. The fraction of sp³-hybridized carbons (Fsp3) is 0.0741. The predicted molar refractivity (Wildman–Crippen MR) is 120 cm³/mol. The van der Waals surface area contributed by atoms with Gasteiger partial charge in [0.1, 0.15) is 0 Å². The highest BCUT2D eigenvalue weighted by molar-refractivity contribution is 6.11. The summed E-state index contributed by atoms with van der Waals surface area (Å²) in [5.74, 6) is 0.0474. The summed E-state index contributed by atoms with van der Waals surface area (Å²) in [7, 11) is 0. The molecule has 0 aliphatic heterocycles. The van der Waals surface area contributed by atoms with E-state index in [9.17, 15) is 4.79 Å². The van der Waals surface area contributed by atoms with E-state index in [-0.39, 0.29) is 5.78 Å². The Morgan fingerprint density at radius 1 is 0.690 bits per heavy atom. The largest absolute Gasteiger partial charge is 0.309 e. The summed E-state index contributed by atoms with van der Waals surface area (Å²) >= 11 is 0. The second-order valence-electron chi connectivity index (χ2n) is 7.57. The molecule has 0 fully saturated rings. The molecule has 5 aromatic rings. The van der Waals surface area contributed by atoms with Crippen LogP contribution in [0.4, 0.5) is 0 Å². The van der Waals surface area contributed by atoms with Crippen LogP contribution in [0.2, 0.25) is 0 Å². The Morgan fingerprint density at radius 3 is 2.10 bits per heavy atom. The zero-order valence-electron chi connectivity index (χ0n) is 16.5. The summed E-state index contributed by atoms with van der Waals surface area (Å²) in [6, 6.07) is 30.3. The first-order valence-corrected chi connectivity index (χ1v) is 9.84. The van der Waals surface area contributed by atoms with Gasteiger partial charge in [0, 0.05) is 27.6 Å². The van der Waals surface area contributed by atoms with Gasteiger partial charge < -0.3 is 4.57 Å². The zero-order chi connectivity index (χ0) is 20.0. The van der Waals surface area contributed by atoms with Crippen molar-refractivity contribution in [3.8, 4) is 5.69 Å². The van der Waals surface area contributed by atoms with Gasteiger partial charge in [0.15, 0.2) is 5.78 Å². The van der Waals surface area contributed by atoms with Crippen molar-refractivity contribution >= 4 is 27.6 Å². The van der Waals surface area contributed by atoms with Gasteiger partial charge in [0.2, 0.25) is 0 Å². The van der Waals surface area contributed by atoms with Gasteiger partial charge in [-0.25, -0.2) is 0 Å². The highest BCUT2D eigenvalue weighted by Crippen LogP contribution is 2.34. The van der Waals surface area contributed by atoms with E-state index in [1.54, 1.807) is 0 Å². The van der Waals surface area contributed by atoms with E-state index in [1.807, 2.05) is 54.6 Å². The summed E-state index contributed by atoms with van der Waals surface area (Å²) < 4.78 is 2.30. The Hall–Kier alpha value is -3.65. The van der Waals surface area contributed by atoms with Gasteiger partial charge in [-0.3, -0.25) is 4.79 Å². The Morgan fingerprint density at radius 2 is 1.34 bits per heavy atom. The maximum atomic E-state index is 12.8. The minimum absolute atomic E-state index is 0.0474. The third-order valence-electron chi connectivity index (χ3n) is 5.53. The SMILES string of the molecule is Cc1cc(C)c2c(c1)c1ccccc1n2-c1ccc(C(=O)c2ccccc2)cc1. The lowest BCUT2D eigenvalue weighted by atomic mass is 10.0. The predicted octanol–water partition coefficient (Wildman–Crippen LogP) is 6.63. The number of aryl methyl sites for hydroxylation is 2. The van der Waals surface area contributed by atoms with E-state index in [4.69, 9.17) is 0 Å². The Labute approximate surface area is 170 Å². The second kappa shape index (κ2) is 6.75. The van der Waals surface area contributed by atoms with E-state index < -0.39 is 0 Å². The van der Waals surface area contributed by atoms with Crippen LogP contribution in [0.15, 0.2) is 91.0 Å². The average molecular weight is 375 g/mol. The molecule has 0 unspecified atom stereocenters. The number of aromatic nitrogens is 1. The molecule has 4 aromatic carbocycles. The molecule has 0 saturated carbocycles. The summed E-state index contributed by atoms with van der Waals surface area (Å²) in [6.45, 7) is 4.31. The number of rotatable bonds is 3. The summed E-state index contributed by atoms with van der Waals surface area (Å²) in [6.07, 6.45) is 0. The quantitative estimate of drug-likeness (QED) is 0.324. The Balaban J connectivity index is 1.69. The number of ketones is 1. The minimum Gasteiger partial charge on any atom is -0.309 e. The van der Waals surface area contributed by atoms with Crippen molar-refractivity contribution in [1.82, 2.24) is 4.57 Å². The van der Waals surface area contributed by atoms with Gasteiger partial charge in [-0.05, 0) is 55.8 Å². The fourth-order valence-corrected chi connectivity index (χ4v) is 4.27. The van der Waals surface area contributed by atoms with Gasteiger partial charge in [0.05, 0.1) is 11.0 Å². The molecule has 0 aliphatic carbocycles. The molecule has 0 atom stereocenters. The van der Waals surface area contributed by atoms with Crippen molar-refractivity contribution in [2.24, 2.45) is 0 Å². The van der Waals surface area contributed by atoms with Gasteiger partial charge in [0.25, 0.3) is 0 Å². The van der Waals surface area contributed by atoms with Crippen molar-refractivity contribution in [3.63, 3.8) is 0 Å². The highest BCUT2D eigenvalue weighted by atomic mass is 16.1. The van der Waals surface area contributed by atoms with Crippen molar-refractivity contribution in [1.29, 1.82) is 0 Å². The lowest BCUT2D eigenvalue weighted by molar-refractivity contribution is 0.103. The van der Waals surface area contributed by atoms with Crippen LogP contribution in [0, 0.1) is 13.8 Å². The third-order valence-corrected chi connectivity index (χ3v) is 5.53. The van der Waals surface area contributed by atoms with Crippen LogP contribution in [0.3, 0.4) is 0 Å². The Bertz CT molecular complexity index is 1360. The molecule has 0 bridgehead atoms. The number of hydrogen-bond acceptors (Lipinski definition) is 1. The maximum Gasteiger partial charge on any atom is 0.193 e. The molecular formula is C27H21NO. The molecule has 1 heterocycles. The van der Waals surface area contributed by atoms with Gasteiger partial charge in [-0.15, -0.1) is 0 Å². The number of hydrogen-bond donors (Lipinski definition) is 0. The lowest BCUT2D eigenvalue weighted by Gasteiger charge is -2.11. The number of nitrogens with zero attached hydrogens (tertiary/aromatic N) is 1. The Kier molecular flexibility index (Phi) is 4.06. The molecular weight excluding hydrogens is 354 g/mol. The standard InChI is InChI=1S/C27H21NO/c1-18-16-19(2)26-24(17-18)23-10-6-7-11-25(23)28(26)22-14-12-21(13-15-22)27(29)20-8-4-3-5-9-20/h3-17H,1-2H3. The highest BCUT2D eigenvalue weighted by Gasteiger charge is 2.15.